The second-order valence-electron chi connectivity index (χ2n) is 3.92. The highest BCUT2D eigenvalue weighted by Gasteiger charge is 2.08. The lowest BCUT2D eigenvalue weighted by molar-refractivity contribution is 1.34. The molecule has 0 amide bonds. The molecule has 3 rings (SSSR count). The lowest BCUT2D eigenvalue weighted by atomic mass is 10.2. The molecular formula is C13H12N4. The normalized spacial score (nSPS) is 10.8. The standard InChI is InChI=1S/C13H12N4/c14-9-5-2-1-4-8(9)13-16-11-7-3-6-10(15)12(11)17-13/h1-7H,14-15H2,(H,16,17). The molecule has 3 aromatic rings. The predicted molar refractivity (Wildman–Crippen MR) is 70.4 cm³/mol. The van der Waals surface area contributed by atoms with E-state index in [1.54, 1.807) is 0 Å². The number of hydrogen-bond acceptors (Lipinski definition) is 3. The lowest BCUT2D eigenvalue weighted by Gasteiger charge is -2.00. The molecule has 0 aliphatic rings. The third-order valence-electron chi connectivity index (χ3n) is 2.76. The summed E-state index contributed by atoms with van der Waals surface area (Å²) < 4.78 is 0. The minimum atomic E-state index is 0.666. The van der Waals surface area contributed by atoms with Crippen molar-refractivity contribution in [3.8, 4) is 11.4 Å². The molecule has 0 atom stereocenters. The van der Waals surface area contributed by atoms with Gasteiger partial charge in [-0.2, -0.15) is 0 Å². The topological polar surface area (TPSA) is 80.7 Å². The first-order chi connectivity index (χ1) is 8.25. The number of fused-ring (bicyclic) bond motifs is 1. The molecule has 0 aliphatic carbocycles. The summed E-state index contributed by atoms with van der Waals surface area (Å²) in [7, 11) is 0. The molecule has 0 aliphatic heterocycles. The van der Waals surface area contributed by atoms with Crippen LogP contribution >= 0.6 is 0 Å². The van der Waals surface area contributed by atoms with Gasteiger partial charge in [-0.05, 0) is 24.3 Å². The van der Waals surface area contributed by atoms with Crippen LogP contribution in [0.1, 0.15) is 0 Å². The zero-order valence-electron chi connectivity index (χ0n) is 9.14. The molecular weight excluding hydrogens is 212 g/mol. The Morgan fingerprint density at radius 1 is 0.882 bits per heavy atom. The number of nitrogens with two attached hydrogens (primary N) is 2. The van der Waals surface area contributed by atoms with E-state index in [4.69, 9.17) is 11.5 Å². The minimum absolute atomic E-state index is 0.666. The second-order valence-corrected chi connectivity index (χ2v) is 3.92. The average Bonchev–Trinajstić information content (AvgIpc) is 2.75. The van der Waals surface area contributed by atoms with Crippen LogP contribution in [0, 0.1) is 0 Å². The van der Waals surface area contributed by atoms with Crippen molar-refractivity contribution in [2.75, 3.05) is 11.5 Å². The van der Waals surface area contributed by atoms with Gasteiger partial charge in [-0.1, -0.05) is 18.2 Å². The van der Waals surface area contributed by atoms with Gasteiger partial charge in [0.05, 0.1) is 11.2 Å². The number of hydrogen-bond donors (Lipinski definition) is 3. The molecule has 1 heterocycles. The van der Waals surface area contributed by atoms with Crippen LogP contribution in [0.4, 0.5) is 11.4 Å². The Labute approximate surface area is 98.3 Å². The molecule has 1 aromatic heterocycles. The molecule has 84 valence electrons. The quantitative estimate of drug-likeness (QED) is 0.555. The maximum atomic E-state index is 5.92. The summed E-state index contributed by atoms with van der Waals surface area (Å²) in [5.41, 5.74) is 15.8. The van der Waals surface area contributed by atoms with Crippen LogP contribution < -0.4 is 11.5 Å². The molecule has 0 saturated carbocycles. The van der Waals surface area contributed by atoms with E-state index < -0.39 is 0 Å². The number of aromatic nitrogens is 2. The van der Waals surface area contributed by atoms with Crippen molar-refractivity contribution >= 4 is 22.4 Å². The third-order valence-corrected chi connectivity index (χ3v) is 2.76. The summed E-state index contributed by atoms with van der Waals surface area (Å²) in [5, 5.41) is 0. The average molecular weight is 224 g/mol. The number of benzene rings is 2. The number of nitrogens with one attached hydrogen (secondary N) is 1. The summed E-state index contributed by atoms with van der Waals surface area (Å²) in [6.07, 6.45) is 0. The van der Waals surface area contributed by atoms with Gasteiger partial charge in [0.1, 0.15) is 11.3 Å². The Balaban J connectivity index is 2.26. The first-order valence-electron chi connectivity index (χ1n) is 5.35. The Hall–Kier alpha value is -2.49. The van der Waals surface area contributed by atoms with Gasteiger partial charge < -0.3 is 16.5 Å². The van der Waals surface area contributed by atoms with E-state index in [1.807, 2.05) is 42.5 Å². The van der Waals surface area contributed by atoms with Crippen molar-refractivity contribution in [3.05, 3.63) is 42.5 Å². The molecule has 0 spiro atoms. The van der Waals surface area contributed by atoms with Crippen LogP contribution in [0.5, 0.6) is 0 Å². The SMILES string of the molecule is Nc1ccccc1-c1nc2c(N)cccc2[nH]1. The minimum Gasteiger partial charge on any atom is -0.398 e. The van der Waals surface area contributed by atoms with E-state index in [0.29, 0.717) is 11.4 Å². The van der Waals surface area contributed by atoms with Crippen molar-refractivity contribution < 1.29 is 0 Å². The molecule has 0 bridgehead atoms. The van der Waals surface area contributed by atoms with E-state index >= 15 is 0 Å². The number of nitrogen functional groups attached to an aromatic ring is 2. The molecule has 0 radical (unpaired) electrons. The Kier molecular flexibility index (Phi) is 2.01. The molecule has 5 N–H and O–H groups in total. The van der Waals surface area contributed by atoms with Gasteiger partial charge in [0, 0.05) is 11.3 Å². The van der Waals surface area contributed by atoms with E-state index in [2.05, 4.69) is 9.97 Å². The largest absolute Gasteiger partial charge is 0.398 e. The van der Waals surface area contributed by atoms with E-state index in [0.717, 1.165) is 22.4 Å². The number of rotatable bonds is 1. The second kappa shape index (κ2) is 3.52. The number of anilines is 2. The summed E-state index contributed by atoms with van der Waals surface area (Å²) in [5.74, 6) is 0.746. The van der Waals surface area contributed by atoms with Gasteiger partial charge in [-0.25, -0.2) is 4.98 Å². The molecule has 4 heteroatoms. The fourth-order valence-corrected chi connectivity index (χ4v) is 1.89. The highest BCUT2D eigenvalue weighted by molar-refractivity contribution is 5.90. The predicted octanol–water partition coefficient (Wildman–Crippen LogP) is 2.39. The molecule has 17 heavy (non-hydrogen) atoms. The maximum Gasteiger partial charge on any atom is 0.140 e. The maximum absolute atomic E-state index is 5.92. The molecule has 0 unspecified atom stereocenters. The van der Waals surface area contributed by atoms with Crippen LogP contribution in [0.3, 0.4) is 0 Å². The van der Waals surface area contributed by atoms with Crippen molar-refractivity contribution in [1.82, 2.24) is 9.97 Å². The molecule has 0 saturated heterocycles. The van der Waals surface area contributed by atoms with Crippen LogP contribution in [-0.2, 0) is 0 Å². The number of nitrogens with zero attached hydrogens (tertiary/aromatic N) is 1. The molecule has 2 aromatic carbocycles. The summed E-state index contributed by atoms with van der Waals surface area (Å²) in [4.78, 5) is 7.71. The van der Waals surface area contributed by atoms with Gasteiger partial charge in [0.25, 0.3) is 0 Å². The van der Waals surface area contributed by atoms with Gasteiger partial charge in [-0.15, -0.1) is 0 Å². The summed E-state index contributed by atoms with van der Waals surface area (Å²) in [6.45, 7) is 0. The number of aromatic amines is 1. The first kappa shape index (κ1) is 9.72. The van der Waals surface area contributed by atoms with E-state index in [9.17, 15) is 0 Å². The highest BCUT2D eigenvalue weighted by atomic mass is 14.9. The zero-order chi connectivity index (χ0) is 11.8. The van der Waals surface area contributed by atoms with Gasteiger partial charge >= 0.3 is 0 Å². The Morgan fingerprint density at radius 2 is 1.65 bits per heavy atom. The third kappa shape index (κ3) is 1.50. The molecule has 4 nitrogen and oxygen atoms in total. The van der Waals surface area contributed by atoms with Gasteiger partial charge in [0.15, 0.2) is 0 Å². The zero-order valence-corrected chi connectivity index (χ0v) is 9.14. The number of imidazole rings is 1. The van der Waals surface area contributed by atoms with Crippen molar-refractivity contribution in [3.63, 3.8) is 0 Å². The fraction of sp³-hybridized carbons (Fsp3) is 0. The first-order valence-corrected chi connectivity index (χ1v) is 5.35. The Bertz CT molecular complexity index is 685. The van der Waals surface area contributed by atoms with E-state index in [-0.39, 0.29) is 0 Å². The monoisotopic (exact) mass is 224 g/mol. The lowest BCUT2D eigenvalue weighted by Crippen LogP contribution is -1.90. The van der Waals surface area contributed by atoms with Crippen molar-refractivity contribution in [1.29, 1.82) is 0 Å². The van der Waals surface area contributed by atoms with Gasteiger partial charge in [0.2, 0.25) is 0 Å². The van der Waals surface area contributed by atoms with Crippen LogP contribution in [0.15, 0.2) is 42.5 Å². The van der Waals surface area contributed by atoms with Gasteiger partial charge in [-0.3, -0.25) is 0 Å². The summed E-state index contributed by atoms with van der Waals surface area (Å²) >= 11 is 0. The van der Waals surface area contributed by atoms with Crippen molar-refractivity contribution in [2.45, 2.75) is 0 Å². The molecule has 0 fully saturated rings. The van der Waals surface area contributed by atoms with Crippen LogP contribution in [0.25, 0.3) is 22.4 Å². The fourth-order valence-electron chi connectivity index (χ4n) is 1.89. The summed E-state index contributed by atoms with van der Waals surface area (Å²) in [6, 6.07) is 13.3. The number of H-pyrrole nitrogens is 1. The van der Waals surface area contributed by atoms with Crippen LogP contribution in [0.2, 0.25) is 0 Å². The highest BCUT2D eigenvalue weighted by Crippen LogP contribution is 2.27. The van der Waals surface area contributed by atoms with Crippen LogP contribution in [-0.4, -0.2) is 9.97 Å². The Morgan fingerprint density at radius 3 is 2.41 bits per heavy atom. The smallest absolute Gasteiger partial charge is 0.140 e. The number of para-hydroxylation sites is 2. The van der Waals surface area contributed by atoms with E-state index in [1.165, 1.54) is 0 Å². The van der Waals surface area contributed by atoms with Crippen molar-refractivity contribution in [2.24, 2.45) is 0 Å².